The topological polar surface area (TPSA) is 35.2 Å². The monoisotopic (exact) mass is 217 g/mol. The van der Waals surface area contributed by atoms with Gasteiger partial charge in [-0.2, -0.15) is 0 Å². The molecule has 1 aromatic rings. The highest BCUT2D eigenvalue weighted by atomic mass is 16.6. The largest absolute Gasteiger partial charge is 0.304 e. The molecule has 0 aliphatic heterocycles. The Labute approximate surface area is 97.1 Å². The maximum absolute atomic E-state index is 4.97. The summed E-state index contributed by atoms with van der Waals surface area (Å²) in [5, 5.41) is 0. The molecule has 0 saturated carbocycles. The number of aryl methyl sites for hydroxylation is 2. The summed E-state index contributed by atoms with van der Waals surface area (Å²) in [7, 11) is 0. The lowest BCUT2D eigenvalue weighted by atomic mass is 9.90. The molecule has 2 rings (SSSR count). The van der Waals surface area contributed by atoms with Gasteiger partial charge in [-0.3, -0.25) is 0 Å². The van der Waals surface area contributed by atoms with Gasteiger partial charge in [-0.25, -0.2) is 5.90 Å². The zero-order valence-corrected chi connectivity index (χ0v) is 9.61. The van der Waals surface area contributed by atoms with Crippen molar-refractivity contribution in [1.82, 2.24) is 0 Å². The van der Waals surface area contributed by atoms with Crippen molar-refractivity contribution in [3.05, 3.63) is 41.0 Å². The molecule has 16 heavy (non-hydrogen) atoms. The highest BCUT2D eigenvalue weighted by Gasteiger charge is 2.08. The van der Waals surface area contributed by atoms with Gasteiger partial charge < -0.3 is 4.84 Å². The summed E-state index contributed by atoms with van der Waals surface area (Å²) in [6.07, 6.45) is 10.3. The van der Waals surface area contributed by atoms with Crippen LogP contribution in [0.2, 0.25) is 0 Å². The van der Waals surface area contributed by atoms with Gasteiger partial charge in [0.25, 0.3) is 0 Å². The van der Waals surface area contributed by atoms with Crippen molar-refractivity contribution in [2.75, 3.05) is 6.61 Å². The maximum Gasteiger partial charge on any atom is 0.0713 e. The van der Waals surface area contributed by atoms with Gasteiger partial charge in [-0.1, -0.05) is 30.4 Å². The van der Waals surface area contributed by atoms with Crippen molar-refractivity contribution in [2.24, 2.45) is 5.90 Å². The van der Waals surface area contributed by atoms with E-state index in [9.17, 15) is 0 Å². The fraction of sp³-hybridized carbons (Fsp3) is 0.429. The summed E-state index contributed by atoms with van der Waals surface area (Å²) < 4.78 is 0. The summed E-state index contributed by atoms with van der Waals surface area (Å²) in [5.74, 6) is 4.97. The van der Waals surface area contributed by atoms with Crippen molar-refractivity contribution in [2.45, 2.75) is 32.1 Å². The summed E-state index contributed by atoms with van der Waals surface area (Å²) >= 11 is 0. The quantitative estimate of drug-likeness (QED) is 0.621. The molecular formula is C14H19NO. The molecule has 0 fully saturated rings. The Morgan fingerprint density at radius 1 is 1.19 bits per heavy atom. The Kier molecular flexibility index (Phi) is 4.14. The number of hydrogen-bond donors (Lipinski definition) is 1. The molecule has 2 nitrogen and oxygen atoms in total. The van der Waals surface area contributed by atoms with E-state index in [0.717, 1.165) is 6.42 Å². The Morgan fingerprint density at radius 3 is 2.81 bits per heavy atom. The number of rotatable bonds is 4. The third-order valence-electron chi connectivity index (χ3n) is 3.09. The average Bonchev–Trinajstić information content (AvgIpc) is 2.34. The third kappa shape index (κ3) is 2.94. The van der Waals surface area contributed by atoms with Gasteiger partial charge in [0.05, 0.1) is 6.61 Å². The van der Waals surface area contributed by atoms with Crippen LogP contribution in [0.15, 0.2) is 24.3 Å². The molecule has 0 bridgehead atoms. The molecule has 0 radical (unpaired) electrons. The van der Waals surface area contributed by atoms with Gasteiger partial charge >= 0.3 is 0 Å². The molecular weight excluding hydrogens is 198 g/mol. The molecule has 0 atom stereocenters. The molecule has 2 heteroatoms. The maximum atomic E-state index is 4.97. The van der Waals surface area contributed by atoms with Gasteiger partial charge in [0.1, 0.15) is 0 Å². The Balaban J connectivity index is 2.02. The minimum Gasteiger partial charge on any atom is -0.304 e. The average molecular weight is 217 g/mol. The SMILES string of the molecule is NOCC/C=C/c1ccc2c(c1)CCCC2. The van der Waals surface area contributed by atoms with E-state index in [0.29, 0.717) is 6.61 Å². The molecule has 2 N–H and O–H groups in total. The zero-order valence-electron chi connectivity index (χ0n) is 9.61. The second-order valence-corrected chi connectivity index (χ2v) is 4.30. The van der Waals surface area contributed by atoms with Crippen molar-refractivity contribution < 1.29 is 4.84 Å². The highest BCUT2D eigenvalue weighted by molar-refractivity contribution is 5.52. The minimum absolute atomic E-state index is 0.585. The first-order valence-corrected chi connectivity index (χ1v) is 6.00. The van der Waals surface area contributed by atoms with Gasteiger partial charge in [-0.15, -0.1) is 0 Å². The molecule has 1 aliphatic rings. The van der Waals surface area contributed by atoms with Gasteiger partial charge in [0.15, 0.2) is 0 Å². The Bertz CT molecular complexity index is 371. The van der Waals surface area contributed by atoms with Crippen LogP contribution in [0.25, 0.3) is 6.08 Å². The van der Waals surface area contributed by atoms with Crippen molar-refractivity contribution in [3.63, 3.8) is 0 Å². The fourth-order valence-electron chi connectivity index (χ4n) is 2.21. The minimum atomic E-state index is 0.585. The van der Waals surface area contributed by atoms with E-state index in [-0.39, 0.29) is 0 Å². The van der Waals surface area contributed by atoms with Gasteiger partial charge in [-0.05, 0) is 48.8 Å². The molecule has 86 valence electrons. The van der Waals surface area contributed by atoms with E-state index in [1.807, 2.05) is 0 Å². The van der Waals surface area contributed by atoms with Crippen LogP contribution in [0.3, 0.4) is 0 Å². The smallest absolute Gasteiger partial charge is 0.0713 e. The van der Waals surface area contributed by atoms with E-state index in [1.54, 1.807) is 0 Å². The molecule has 1 aliphatic carbocycles. The Hall–Kier alpha value is -1.12. The molecule has 1 aromatic carbocycles. The first-order valence-electron chi connectivity index (χ1n) is 6.00. The lowest BCUT2D eigenvalue weighted by Crippen LogP contribution is -2.02. The van der Waals surface area contributed by atoms with Crippen LogP contribution >= 0.6 is 0 Å². The number of fused-ring (bicyclic) bond motifs is 1. The third-order valence-corrected chi connectivity index (χ3v) is 3.09. The van der Waals surface area contributed by atoms with E-state index in [1.165, 1.54) is 42.4 Å². The first kappa shape index (κ1) is 11.4. The van der Waals surface area contributed by atoms with Gasteiger partial charge in [0.2, 0.25) is 0 Å². The highest BCUT2D eigenvalue weighted by Crippen LogP contribution is 2.22. The normalized spacial score (nSPS) is 15.3. The van der Waals surface area contributed by atoms with Crippen LogP contribution in [0.4, 0.5) is 0 Å². The second-order valence-electron chi connectivity index (χ2n) is 4.30. The van der Waals surface area contributed by atoms with Crippen molar-refractivity contribution in [3.8, 4) is 0 Å². The van der Waals surface area contributed by atoms with E-state index in [2.05, 4.69) is 35.2 Å². The van der Waals surface area contributed by atoms with Crippen LogP contribution in [0.1, 0.15) is 36.0 Å². The zero-order chi connectivity index (χ0) is 11.2. The standard InChI is InChI=1S/C14H19NO/c15-16-10-4-3-5-12-8-9-13-6-1-2-7-14(13)11-12/h3,5,8-9,11H,1-2,4,6-7,10,15H2/b5-3+. The summed E-state index contributed by atoms with van der Waals surface area (Å²) in [6, 6.07) is 6.78. The lowest BCUT2D eigenvalue weighted by molar-refractivity contribution is 0.143. The van der Waals surface area contributed by atoms with Crippen molar-refractivity contribution >= 4 is 6.08 Å². The number of nitrogens with two attached hydrogens (primary N) is 1. The molecule has 0 amide bonds. The first-order chi connectivity index (χ1) is 7.90. The van der Waals surface area contributed by atoms with Crippen LogP contribution < -0.4 is 5.90 Å². The summed E-state index contributed by atoms with van der Waals surface area (Å²) in [4.78, 5) is 4.52. The van der Waals surface area contributed by atoms with E-state index >= 15 is 0 Å². The van der Waals surface area contributed by atoms with Gasteiger partial charge in [0, 0.05) is 0 Å². The lowest BCUT2D eigenvalue weighted by Gasteiger charge is -2.15. The summed E-state index contributed by atoms with van der Waals surface area (Å²) in [6.45, 7) is 0.585. The van der Waals surface area contributed by atoms with Crippen LogP contribution in [0.5, 0.6) is 0 Å². The van der Waals surface area contributed by atoms with E-state index in [4.69, 9.17) is 5.90 Å². The molecule has 0 unspecified atom stereocenters. The van der Waals surface area contributed by atoms with Crippen LogP contribution in [0, 0.1) is 0 Å². The molecule has 0 aromatic heterocycles. The number of benzene rings is 1. The van der Waals surface area contributed by atoms with Crippen molar-refractivity contribution in [1.29, 1.82) is 0 Å². The second kappa shape index (κ2) is 5.83. The van der Waals surface area contributed by atoms with Crippen LogP contribution in [-0.4, -0.2) is 6.61 Å². The molecule has 0 heterocycles. The number of hydrogen-bond acceptors (Lipinski definition) is 2. The van der Waals surface area contributed by atoms with E-state index < -0.39 is 0 Å². The molecule has 0 saturated heterocycles. The van der Waals surface area contributed by atoms with Crippen LogP contribution in [-0.2, 0) is 17.7 Å². The Morgan fingerprint density at radius 2 is 2.00 bits per heavy atom. The predicted molar refractivity (Wildman–Crippen MR) is 66.9 cm³/mol. The molecule has 0 spiro atoms. The fourth-order valence-corrected chi connectivity index (χ4v) is 2.21. The predicted octanol–water partition coefficient (Wildman–Crippen LogP) is 2.86. The summed E-state index contributed by atoms with van der Waals surface area (Å²) in [5.41, 5.74) is 4.36.